The van der Waals surface area contributed by atoms with Gasteiger partial charge in [-0.15, -0.1) is 0 Å². The standard InChI is InChI=1S/C17H32N2O/c1-2-16(8-3-4-9-16)15(19-18)14-7-12-20-17(13-14)10-5-6-11-17/h14-15,19H,2-13,18H2,1H3. The van der Waals surface area contributed by atoms with E-state index in [1.807, 2.05) is 0 Å². The zero-order valence-corrected chi connectivity index (χ0v) is 13.1. The second-order valence-electron chi connectivity index (χ2n) is 7.56. The molecule has 3 N–H and O–H groups in total. The van der Waals surface area contributed by atoms with Crippen LogP contribution in [0.15, 0.2) is 0 Å². The highest BCUT2D eigenvalue weighted by Gasteiger charge is 2.48. The molecule has 2 saturated carbocycles. The molecule has 0 aromatic rings. The molecule has 3 aliphatic rings. The summed E-state index contributed by atoms with van der Waals surface area (Å²) >= 11 is 0. The molecule has 2 aliphatic carbocycles. The van der Waals surface area contributed by atoms with Crippen molar-refractivity contribution in [2.24, 2.45) is 17.2 Å². The molecule has 0 aromatic carbocycles. The monoisotopic (exact) mass is 280 g/mol. The van der Waals surface area contributed by atoms with E-state index in [0.29, 0.717) is 17.4 Å². The van der Waals surface area contributed by atoms with Gasteiger partial charge in [0.05, 0.1) is 5.60 Å². The van der Waals surface area contributed by atoms with Crippen LogP contribution in [0, 0.1) is 11.3 Å². The lowest BCUT2D eigenvalue weighted by atomic mass is 9.67. The van der Waals surface area contributed by atoms with Crippen molar-refractivity contribution in [3.05, 3.63) is 0 Å². The van der Waals surface area contributed by atoms with Crippen molar-refractivity contribution in [1.82, 2.24) is 5.43 Å². The Balaban J connectivity index is 1.75. The van der Waals surface area contributed by atoms with E-state index in [4.69, 9.17) is 10.6 Å². The third kappa shape index (κ3) is 2.53. The quantitative estimate of drug-likeness (QED) is 0.612. The van der Waals surface area contributed by atoms with E-state index >= 15 is 0 Å². The summed E-state index contributed by atoms with van der Waals surface area (Å²) in [5.74, 6) is 6.75. The lowest BCUT2D eigenvalue weighted by Crippen LogP contribution is -2.55. The van der Waals surface area contributed by atoms with Crippen molar-refractivity contribution in [3.63, 3.8) is 0 Å². The summed E-state index contributed by atoms with van der Waals surface area (Å²) in [5, 5.41) is 0. The van der Waals surface area contributed by atoms with E-state index in [-0.39, 0.29) is 5.60 Å². The molecule has 3 heteroatoms. The minimum atomic E-state index is 0.214. The number of ether oxygens (including phenoxy) is 1. The van der Waals surface area contributed by atoms with Gasteiger partial charge in [0.25, 0.3) is 0 Å². The van der Waals surface area contributed by atoms with Gasteiger partial charge in [-0.25, -0.2) is 0 Å². The summed E-state index contributed by atoms with van der Waals surface area (Å²) in [6.07, 6.45) is 14.5. The first-order valence-corrected chi connectivity index (χ1v) is 8.84. The Morgan fingerprint density at radius 3 is 2.40 bits per heavy atom. The van der Waals surface area contributed by atoms with Crippen LogP contribution in [0.5, 0.6) is 0 Å². The highest BCUT2D eigenvalue weighted by molar-refractivity contribution is 5.01. The fourth-order valence-corrected chi connectivity index (χ4v) is 5.49. The van der Waals surface area contributed by atoms with E-state index in [9.17, 15) is 0 Å². The highest BCUT2D eigenvalue weighted by Crippen LogP contribution is 2.50. The summed E-state index contributed by atoms with van der Waals surface area (Å²) < 4.78 is 6.21. The molecule has 2 atom stereocenters. The fourth-order valence-electron chi connectivity index (χ4n) is 5.49. The molecule has 1 saturated heterocycles. The molecule has 1 aliphatic heterocycles. The smallest absolute Gasteiger partial charge is 0.0685 e. The van der Waals surface area contributed by atoms with Crippen LogP contribution in [0.25, 0.3) is 0 Å². The first kappa shape index (κ1) is 14.8. The second kappa shape index (κ2) is 5.94. The van der Waals surface area contributed by atoms with Gasteiger partial charge < -0.3 is 4.74 Å². The van der Waals surface area contributed by atoms with Gasteiger partial charge in [0.15, 0.2) is 0 Å². The molecule has 3 rings (SSSR count). The molecule has 20 heavy (non-hydrogen) atoms. The topological polar surface area (TPSA) is 47.3 Å². The Bertz CT molecular complexity index is 319. The molecule has 0 amide bonds. The Labute approximate surface area is 124 Å². The van der Waals surface area contributed by atoms with Crippen LogP contribution in [0.2, 0.25) is 0 Å². The number of rotatable bonds is 4. The first-order chi connectivity index (χ1) is 9.74. The zero-order valence-electron chi connectivity index (χ0n) is 13.1. The Morgan fingerprint density at radius 1 is 1.15 bits per heavy atom. The van der Waals surface area contributed by atoms with Crippen LogP contribution >= 0.6 is 0 Å². The van der Waals surface area contributed by atoms with Crippen molar-refractivity contribution in [1.29, 1.82) is 0 Å². The number of hydrazine groups is 1. The summed E-state index contributed by atoms with van der Waals surface area (Å²) in [5.41, 5.74) is 3.93. The number of hydrogen-bond acceptors (Lipinski definition) is 3. The maximum absolute atomic E-state index is 6.21. The molecule has 0 radical (unpaired) electrons. The maximum Gasteiger partial charge on any atom is 0.0685 e. The zero-order chi connectivity index (χ0) is 14.1. The molecule has 3 fully saturated rings. The number of nitrogens with two attached hydrogens (primary N) is 1. The second-order valence-corrected chi connectivity index (χ2v) is 7.56. The third-order valence-corrected chi connectivity index (χ3v) is 6.66. The molecule has 3 nitrogen and oxygen atoms in total. The van der Waals surface area contributed by atoms with Gasteiger partial charge in [-0.2, -0.15) is 0 Å². The summed E-state index contributed by atoms with van der Waals surface area (Å²) in [4.78, 5) is 0. The molecule has 1 heterocycles. The van der Waals surface area contributed by atoms with E-state index in [0.717, 1.165) is 6.61 Å². The number of nitrogens with one attached hydrogen (secondary N) is 1. The minimum Gasteiger partial charge on any atom is -0.375 e. The number of hydrogen-bond donors (Lipinski definition) is 2. The van der Waals surface area contributed by atoms with Crippen molar-refractivity contribution in [3.8, 4) is 0 Å². The predicted molar refractivity (Wildman–Crippen MR) is 82.2 cm³/mol. The SMILES string of the molecule is CCC1(C(NN)C2CCOC3(CCCC3)C2)CCCC1. The Kier molecular flexibility index (Phi) is 4.40. The average Bonchev–Trinajstić information content (AvgIpc) is 3.11. The van der Waals surface area contributed by atoms with Crippen molar-refractivity contribution < 1.29 is 4.74 Å². The Hall–Kier alpha value is -0.120. The van der Waals surface area contributed by atoms with Gasteiger partial charge in [0.1, 0.15) is 0 Å². The normalized spacial score (nSPS) is 33.6. The molecule has 2 unspecified atom stereocenters. The maximum atomic E-state index is 6.21. The van der Waals surface area contributed by atoms with Gasteiger partial charge in [-0.1, -0.05) is 32.6 Å². The first-order valence-electron chi connectivity index (χ1n) is 8.84. The summed E-state index contributed by atoms with van der Waals surface area (Å²) in [6, 6.07) is 0.497. The van der Waals surface area contributed by atoms with Gasteiger partial charge in [0, 0.05) is 12.6 Å². The van der Waals surface area contributed by atoms with Crippen LogP contribution in [0.1, 0.15) is 77.6 Å². The van der Waals surface area contributed by atoms with Crippen LogP contribution < -0.4 is 11.3 Å². The van der Waals surface area contributed by atoms with E-state index < -0.39 is 0 Å². The van der Waals surface area contributed by atoms with E-state index in [1.54, 1.807) is 0 Å². The average molecular weight is 280 g/mol. The van der Waals surface area contributed by atoms with Crippen LogP contribution in [0.4, 0.5) is 0 Å². The molecular weight excluding hydrogens is 248 g/mol. The van der Waals surface area contributed by atoms with Crippen LogP contribution in [-0.4, -0.2) is 18.2 Å². The van der Waals surface area contributed by atoms with Crippen LogP contribution in [0.3, 0.4) is 0 Å². The highest BCUT2D eigenvalue weighted by atomic mass is 16.5. The van der Waals surface area contributed by atoms with E-state index in [2.05, 4.69) is 12.3 Å². The van der Waals surface area contributed by atoms with Gasteiger partial charge in [-0.3, -0.25) is 11.3 Å². The largest absolute Gasteiger partial charge is 0.375 e. The minimum absolute atomic E-state index is 0.214. The summed E-state index contributed by atoms with van der Waals surface area (Å²) in [7, 11) is 0. The van der Waals surface area contributed by atoms with Gasteiger partial charge >= 0.3 is 0 Å². The molecular formula is C17H32N2O. The third-order valence-electron chi connectivity index (χ3n) is 6.66. The molecule has 1 spiro atoms. The molecule has 116 valence electrons. The lowest BCUT2D eigenvalue weighted by molar-refractivity contribution is -0.106. The fraction of sp³-hybridized carbons (Fsp3) is 1.00. The van der Waals surface area contributed by atoms with E-state index in [1.165, 1.54) is 70.6 Å². The predicted octanol–water partition coefficient (Wildman–Crippen LogP) is 3.53. The Morgan fingerprint density at radius 2 is 1.80 bits per heavy atom. The van der Waals surface area contributed by atoms with Gasteiger partial charge in [0.2, 0.25) is 0 Å². The van der Waals surface area contributed by atoms with Gasteiger partial charge in [-0.05, 0) is 56.3 Å². The summed E-state index contributed by atoms with van der Waals surface area (Å²) in [6.45, 7) is 3.31. The van der Waals surface area contributed by atoms with Crippen LogP contribution in [-0.2, 0) is 4.74 Å². The van der Waals surface area contributed by atoms with Crippen molar-refractivity contribution >= 4 is 0 Å². The lowest BCUT2D eigenvalue weighted by Gasteiger charge is -2.47. The van der Waals surface area contributed by atoms with Crippen molar-refractivity contribution in [2.45, 2.75) is 89.2 Å². The van der Waals surface area contributed by atoms with Crippen molar-refractivity contribution in [2.75, 3.05) is 6.61 Å². The molecule has 0 aromatic heterocycles. The molecule has 0 bridgehead atoms.